The predicted molar refractivity (Wildman–Crippen MR) is 69.5 cm³/mol. The number of halogens is 1. The van der Waals surface area contributed by atoms with Crippen LogP contribution in [0.3, 0.4) is 0 Å². The van der Waals surface area contributed by atoms with Crippen LogP contribution in [0.4, 0.5) is 0 Å². The van der Waals surface area contributed by atoms with Crippen LogP contribution in [-0.2, 0) is 0 Å². The summed E-state index contributed by atoms with van der Waals surface area (Å²) in [7, 11) is 0. The van der Waals surface area contributed by atoms with E-state index in [1.807, 2.05) is 4.90 Å². The summed E-state index contributed by atoms with van der Waals surface area (Å²) in [6.07, 6.45) is 5.74. The number of nitrogens with zero attached hydrogens (tertiary/aromatic N) is 3. The molecular formula is C10H17ClN4OS. The lowest BCUT2D eigenvalue weighted by Crippen LogP contribution is -2.44. The summed E-state index contributed by atoms with van der Waals surface area (Å²) in [5.41, 5.74) is 6.04. The molecule has 2 rings (SSSR count). The predicted octanol–water partition coefficient (Wildman–Crippen LogP) is 1.30. The SMILES string of the molecule is Cl.NCCC1CCCCN1C(=O)c1cnsn1. The maximum Gasteiger partial charge on any atom is 0.275 e. The molecule has 17 heavy (non-hydrogen) atoms. The molecule has 0 aromatic carbocycles. The Hall–Kier alpha value is -0.720. The van der Waals surface area contributed by atoms with Gasteiger partial charge in [0.1, 0.15) is 0 Å². The third kappa shape index (κ3) is 3.37. The first-order chi connectivity index (χ1) is 7.83. The summed E-state index contributed by atoms with van der Waals surface area (Å²) in [5, 5.41) is 0. The fourth-order valence-corrected chi connectivity index (χ4v) is 2.57. The molecule has 96 valence electrons. The second-order valence-corrected chi connectivity index (χ2v) is 4.57. The number of carbonyl (C=O) groups excluding carboxylic acids is 1. The first kappa shape index (κ1) is 14.3. The second-order valence-electron chi connectivity index (χ2n) is 4.02. The van der Waals surface area contributed by atoms with E-state index in [2.05, 4.69) is 8.75 Å². The molecule has 7 heteroatoms. The molecule has 1 aliphatic heterocycles. The molecule has 1 atom stereocenters. The summed E-state index contributed by atoms with van der Waals surface area (Å²) in [5.74, 6) is 0.00639. The summed E-state index contributed by atoms with van der Waals surface area (Å²) < 4.78 is 7.86. The molecule has 1 fully saturated rings. The van der Waals surface area contributed by atoms with E-state index >= 15 is 0 Å². The Labute approximate surface area is 111 Å². The van der Waals surface area contributed by atoms with Gasteiger partial charge in [-0.15, -0.1) is 12.4 Å². The molecule has 1 aromatic heterocycles. The second kappa shape index (κ2) is 6.88. The molecule has 0 bridgehead atoms. The normalized spacial score (nSPS) is 19.8. The van der Waals surface area contributed by atoms with E-state index in [4.69, 9.17) is 5.73 Å². The Bertz CT molecular complexity index is 344. The van der Waals surface area contributed by atoms with Gasteiger partial charge < -0.3 is 10.6 Å². The Morgan fingerprint density at radius 2 is 2.41 bits per heavy atom. The monoisotopic (exact) mass is 276 g/mol. The summed E-state index contributed by atoms with van der Waals surface area (Å²) in [6, 6.07) is 0.285. The lowest BCUT2D eigenvalue weighted by molar-refractivity contribution is 0.0600. The Kier molecular flexibility index (Phi) is 5.80. The van der Waals surface area contributed by atoms with Gasteiger partial charge in [-0.05, 0) is 32.2 Å². The highest BCUT2D eigenvalue weighted by Crippen LogP contribution is 2.21. The van der Waals surface area contributed by atoms with E-state index in [0.717, 1.165) is 37.5 Å². The molecule has 2 N–H and O–H groups in total. The first-order valence-electron chi connectivity index (χ1n) is 5.61. The first-order valence-corrected chi connectivity index (χ1v) is 6.34. The van der Waals surface area contributed by atoms with Gasteiger partial charge in [-0.25, -0.2) is 0 Å². The van der Waals surface area contributed by atoms with Crippen molar-refractivity contribution in [1.29, 1.82) is 0 Å². The van der Waals surface area contributed by atoms with Crippen molar-refractivity contribution < 1.29 is 4.79 Å². The molecular weight excluding hydrogens is 260 g/mol. The van der Waals surface area contributed by atoms with Crippen molar-refractivity contribution in [2.45, 2.75) is 31.7 Å². The minimum atomic E-state index is 0. The van der Waals surface area contributed by atoms with Gasteiger partial charge in [0.05, 0.1) is 17.9 Å². The Balaban J connectivity index is 0.00000144. The summed E-state index contributed by atoms with van der Waals surface area (Å²) >= 11 is 1.07. The highest BCUT2D eigenvalue weighted by Gasteiger charge is 2.27. The fourth-order valence-electron chi connectivity index (χ4n) is 2.17. The zero-order valence-corrected chi connectivity index (χ0v) is 11.2. The minimum Gasteiger partial charge on any atom is -0.334 e. The molecule has 0 aliphatic carbocycles. The van der Waals surface area contributed by atoms with Crippen molar-refractivity contribution in [2.75, 3.05) is 13.1 Å². The van der Waals surface area contributed by atoms with Gasteiger partial charge in [-0.1, -0.05) is 0 Å². The quantitative estimate of drug-likeness (QED) is 0.903. The van der Waals surface area contributed by atoms with Gasteiger partial charge in [0, 0.05) is 12.6 Å². The zero-order chi connectivity index (χ0) is 11.4. The van der Waals surface area contributed by atoms with Crippen molar-refractivity contribution in [3.05, 3.63) is 11.9 Å². The molecule has 0 saturated carbocycles. The largest absolute Gasteiger partial charge is 0.334 e. The highest BCUT2D eigenvalue weighted by atomic mass is 35.5. The molecule has 0 radical (unpaired) electrons. The van der Waals surface area contributed by atoms with Gasteiger partial charge >= 0.3 is 0 Å². The molecule has 1 amide bonds. The number of nitrogens with two attached hydrogens (primary N) is 1. The third-order valence-electron chi connectivity index (χ3n) is 2.97. The molecule has 1 aliphatic rings. The lowest BCUT2D eigenvalue weighted by Gasteiger charge is -2.35. The number of rotatable bonds is 3. The number of amides is 1. The molecule has 1 aromatic rings. The number of hydrogen-bond acceptors (Lipinski definition) is 5. The molecule has 1 unspecified atom stereocenters. The number of carbonyl (C=O) groups is 1. The zero-order valence-electron chi connectivity index (χ0n) is 9.54. The van der Waals surface area contributed by atoms with Crippen LogP contribution in [0.25, 0.3) is 0 Å². The Morgan fingerprint density at radius 3 is 3.06 bits per heavy atom. The van der Waals surface area contributed by atoms with E-state index < -0.39 is 0 Å². The van der Waals surface area contributed by atoms with E-state index in [0.29, 0.717) is 12.2 Å². The van der Waals surface area contributed by atoms with Crippen LogP contribution in [0.2, 0.25) is 0 Å². The van der Waals surface area contributed by atoms with Crippen LogP contribution >= 0.6 is 24.1 Å². The number of hydrogen-bond donors (Lipinski definition) is 1. The van der Waals surface area contributed by atoms with Crippen LogP contribution in [0.1, 0.15) is 36.2 Å². The van der Waals surface area contributed by atoms with Gasteiger partial charge in [-0.3, -0.25) is 4.79 Å². The topological polar surface area (TPSA) is 72.1 Å². The number of likely N-dealkylation sites (tertiary alicyclic amines) is 1. The van der Waals surface area contributed by atoms with Crippen molar-refractivity contribution in [1.82, 2.24) is 13.6 Å². The minimum absolute atomic E-state index is 0. The number of piperidine rings is 1. The van der Waals surface area contributed by atoms with Crippen LogP contribution in [0.15, 0.2) is 6.20 Å². The lowest BCUT2D eigenvalue weighted by atomic mass is 9.99. The maximum atomic E-state index is 12.1. The van der Waals surface area contributed by atoms with Crippen LogP contribution in [0, 0.1) is 0 Å². The van der Waals surface area contributed by atoms with Crippen LogP contribution in [0.5, 0.6) is 0 Å². The highest BCUT2D eigenvalue weighted by molar-refractivity contribution is 6.99. The number of aromatic nitrogens is 2. The van der Waals surface area contributed by atoms with Gasteiger partial charge in [0.2, 0.25) is 0 Å². The van der Waals surface area contributed by atoms with E-state index in [1.54, 1.807) is 6.20 Å². The molecule has 1 saturated heterocycles. The van der Waals surface area contributed by atoms with Gasteiger partial charge in [0.25, 0.3) is 5.91 Å². The average Bonchev–Trinajstić information content (AvgIpc) is 2.83. The maximum absolute atomic E-state index is 12.1. The molecule has 0 spiro atoms. The van der Waals surface area contributed by atoms with Gasteiger partial charge in [0.15, 0.2) is 5.69 Å². The third-order valence-corrected chi connectivity index (χ3v) is 3.45. The van der Waals surface area contributed by atoms with E-state index in [-0.39, 0.29) is 24.4 Å². The summed E-state index contributed by atoms with van der Waals surface area (Å²) in [4.78, 5) is 14.0. The smallest absolute Gasteiger partial charge is 0.275 e. The van der Waals surface area contributed by atoms with Gasteiger partial charge in [-0.2, -0.15) is 8.75 Å². The fraction of sp³-hybridized carbons (Fsp3) is 0.700. The average molecular weight is 277 g/mol. The van der Waals surface area contributed by atoms with Crippen LogP contribution < -0.4 is 5.73 Å². The van der Waals surface area contributed by atoms with Crippen molar-refractivity contribution in [3.8, 4) is 0 Å². The molecule has 2 heterocycles. The van der Waals surface area contributed by atoms with E-state index in [9.17, 15) is 4.79 Å². The van der Waals surface area contributed by atoms with Crippen molar-refractivity contribution >= 4 is 30.0 Å². The van der Waals surface area contributed by atoms with Crippen molar-refractivity contribution in [3.63, 3.8) is 0 Å². The van der Waals surface area contributed by atoms with Crippen molar-refractivity contribution in [2.24, 2.45) is 5.73 Å². The molecule has 5 nitrogen and oxygen atoms in total. The van der Waals surface area contributed by atoms with E-state index in [1.165, 1.54) is 6.42 Å². The Morgan fingerprint density at radius 1 is 1.59 bits per heavy atom. The standard InChI is InChI=1S/C10H16N4OS.ClH/c11-5-4-8-3-1-2-6-14(8)10(15)9-7-12-16-13-9;/h7-8H,1-6,11H2;1H. The summed E-state index contributed by atoms with van der Waals surface area (Å²) in [6.45, 7) is 1.45. The van der Waals surface area contributed by atoms with Crippen LogP contribution in [-0.4, -0.2) is 38.7 Å².